The zero-order valence-electron chi connectivity index (χ0n) is 14.7. The highest BCUT2D eigenvalue weighted by Crippen LogP contribution is 2.18. The van der Waals surface area contributed by atoms with Crippen LogP contribution in [0.5, 0.6) is 0 Å². The van der Waals surface area contributed by atoms with Gasteiger partial charge in [-0.1, -0.05) is 12.1 Å². The Kier molecular flexibility index (Phi) is 8.47. The number of hydrogen-bond acceptors (Lipinski definition) is 6. The van der Waals surface area contributed by atoms with Crippen molar-refractivity contribution in [2.45, 2.75) is 19.4 Å². The van der Waals surface area contributed by atoms with E-state index in [2.05, 4.69) is 25.9 Å². The first kappa shape index (κ1) is 21.3. The Hall–Kier alpha value is -2.71. The third kappa shape index (κ3) is 5.98. The number of carbonyl (C=O) groups is 2. The summed E-state index contributed by atoms with van der Waals surface area (Å²) in [5.74, 6) is -0.376. The van der Waals surface area contributed by atoms with Crippen molar-refractivity contribution in [2.75, 3.05) is 18.9 Å². The molecule has 0 aliphatic heterocycles. The molecule has 0 saturated heterocycles. The maximum atomic E-state index is 11.7. The van der Waals surface area contributed by atoms with Gasteiger partial charge in [0, 0.05) is 24.6 Å². The summed E-state index contributed by atoms with van der Waals surface area (Å²) in [4.78, 5) is 31.2. The van der Waals surface area contributed by atoms with Crippen molar-refractivity contribution >= 4 is 35.7 Å². The second kappa shape index (κ2) is 10.3. The molecule has 5 N–H and O–H groups in total. The van der Waals surface area contributed by atoms with E-state index in [1.54, 1.807) is 14.0 Å². The minimum Gasteiger partial charge on any atom is -0.364 e. The Morgan fingerprint density at radius 3 is 2.65 bits per heavy atom. The molecule has 26 heavy (non-hydrogen) atoms. The van der Waals surface area contributed by atoms with Crippen LogP contribution < -0.4 is 21.7 Å². The lowest BCUT2D eigenvalue weighted by Crippen LogP contribution is -2.41. The van der Waals surface area contributed by atoms with E-state index in [0.717, 1.165) is 11.3 Å². The molecule has 1 atom stereocenters. The molecule has 0 spiro atoms. The summed E-state index contributed by atoms with van der Waals surface area (Å²) in [6.07, 6.45) is 3.58. The Labute approximate surface area is 158 Å². The maximum absolute atomic E-state index is 11.7. The summed E-state index contributed by atoms with van der Waals surface area (Å²) in [5, 5.41) is 8.81. The molecule has 0 fully saturated rings. The summed E-state index contributed by atoms with van der Waals surface area (Å²) in [6.45, 7) is 2.34. The molecule has 0 aliphatic carbocycles. The highest BCUT2D eigenvalue weighted by atomic mass is 35.5. The second-order valence-corrected chi connectivity index (χ2v) is 5.49. The van der Waals surface area contributed by atoms with Crippen molar-refractivity contribution in [1.29, 1.82) is 0 Å². The van der Waals surface area contributed by atoms with Crippen LogP contribution in [0.25, 0.3) is 0 Å². The molecule has 2 rings (SSSR count). The quantitative estimate of drug-likeness (QED) is 0.543. The topological polar surface area (TPSA) is 122 Å². The Morgan fingerprint density at radius 1 is 1.23 bits per heavy atom. The van der Waals surface area contributed by atoms with E-state index >= 15 is 0 Å². The average Bonchev–Trinajstić information content (AvgIpc) is 2.61. The third-order valence-corrected chi connectivity index (χ3v) is 3.66. The van der Waals surface area contributed by atoms with Gasteiger partial charge >= 0.3 is 0 Å². The van der Waals surface area contributed by atoms with E-state index in [1.165, 1.54) is 12.4 Å². The van der Waals surface area contributed by atoms with Crippen LogP contribution in [0.4, 0.5) is 11.5 Å². The van der Waals surface area contributed by atoms with Gasteiger partial charge in [0.25, 0.3) is 5.91 Å². The molecule has 0 unspecified atom stereocenters. The van der Waals surface area contributed by atoms with Crippen LogP contribution in [0.2, 0.25) is 0 Å². The molecule has 1 aromatic heterocycles. The molecule has 2 amide bonds. The fourth-order valence-electron chi connectivity index (χ4n) is 2.17. The monoisotopic (exact) mass is 378 g/mol. The summed E-state index contributed by atoms with van der Waals surface area (Å²) in [7, 11) is 1.74. The Bertz CT molecular complexity index is 756. The number of amides is 2. The molecule has 9 heteroatoms. The van der Waals surface area contributed by atoms with Crippen molar-refractivity contribution in [3.05, 3.63) is 47.9 Å². The largest absolute Gasteiger partial charge is 0.364 e. The molecule has 0 aliphatic rings. The number of anilines is 2. The number of primary amides is 1. The van der Waals surface area contributed by atoms with Crippen molar-refractivity contribution < 1.29 is 9.59 Å². The molecule has 140 valence electrons. The average molecular weight is 379 g/mol. The van der Waals surface area contributed by atoms with Gasteiger partial charge < -0.3 is 21.7 Å². The van der Waals surface area contributed by atoms with Crippen LogP contribution in [0.3, 0.4) is 0 Å². The van der Waals surface area contributed by atoms with Crippen LogP contribution in [-0.4, -0.2) is 41.4 Å². The van der Waals surface area contributed by atoms with Gasteiger partial charge in [-0.15, -0.1) is 12.4 Å². The first-order valence-electron chi connectivity index (χ1n) is 7.93. The van der Waals surface area contributed by atoms with Gasteiger partial charge in [0.05, 0.1) is 6.04 Å². The number of nitrogens with two attached hydrogens (primary N) is 1. The SMILES string of the molecule is CN[C@@H](C)C(=O)NCCc1cccc(Nc2nccnc2C(N)=O)c1.Cl. The number of aromatic nitrogens is 2. The normalized spacial score (nSPS) is 11.2. The number of hydrogen-bond donors (Lipinski definition) is 4. The number of halogens is 1. The lowest BCUT2D eigenvalue weighted by atomic mass is 10.1. The summed E-state index contributed by atoms with van der Waals surface area (Å²) in [6, 6.07) is 7.40. The first-order valence-corrected chi connectivity index (χ1v) is 7.93. The lowest BCUT2D eigenvalue weighted by molar-refractivity contribution is -0.122. The van der Waals surface area contributed by atoms with Crippen molar-refractivity contribution in [1.82, 2.24) is 20.6 Å². The molecule has 1 heterocycles. The van der Waals surface area contributed by atoms with Crippen molar-refractivity contribution in [3.63, 3.8) is 0 Å². The Balaban J connectivity index is 0.00000338. The first-order chi connectivity index (χ1) is 12.0. The molecular weight excluding hydrogens is 356 g/mol. The standard InChI is InChI=1S/C17H22N6O2.ClH/c1-11(19-2)17(25)22-7-6-12-4-3-5-13(10-12)23-16-14(15(18)24)20-8-9-21-16;/h3-5,8-11,19H,6-7H2,1-2H3,(H2,18,24)(H,21,23)(H,22,25);1H/t11-;/m0./s1. The minimum absolute atomic E-state index is 0. The highest BCUT2D eigenvalue weighted by molar-refractivity contribution is 5.96. The molecule has 0 radical (unpaired) electrons. The number of nitrogens with zero attached hydrogens (tertiary/aromatic N) is 2. The van der Waals surface area contributed by atoms with Gasteiger partial charge in [0.1, 0.15) is 0 Å². The molecule has 0 bridgehead atoms. The van der Waals surface area contributed by atoms with Crippen LogP contribution in [0, 0.1) is 0 Å². The van der Waals surface area contributed by atoms with Crippen molar-refractivity contribution in [3.8, 4) is 0 Å². The van der Waals surface area contributed by atoms with E-state index < -0.39 is 5.91 Å². The molecule has 1 aromatic carbocycles. The maximum Gasteiger partial charge on any atom is 0.271 e. The molecule has 2 aromatic rings. The predicted molar refractivity (Wildman–Crippen MR) is 103 cm³/mol. The van der Waals surface area contributed by atoms with Gasteiger partial charge in [0.15, 0.2) is 11.5 Å². The van der Waals surface area contributed by atoms with E-state index in [0.29, 0.717) is 18.8 Å². The van der Waals surface area contributed by atoms with Gasteiger partial charge in [0.2, 0.25) is 5.91 Å². The number of benzene rings is 1. The van der Waals surface area contributed by atoms with Crippen LogP contribution >= 0.6 is 12.4 Å². The van der Waals surface area contributed by atoms with E-state index in [4.69, 9.17) is 5.73 Å². The minimum atomic E-state index is -0.645. The van der Waals surface area contributed by atoms with E-state index in [9.17, 15) is 9.59 Å². The van der Waals surface area contributed by atoms with Crippen molar-refractivity contribution in [2.24, 2.45) is 5.73 Å². The predicted octanol–water partition coefficient (Wildman–Crippen LogP) is 1.01. The highest BCUT2D eigenvalue weighted by Gasteiger charge is 2.11. The smallest absolute Gasteiger partial charge is 0.271 e. The van der Waals surface area contributed by atoms with Crippen LogP contribution in [0.1, 0.15) is 23.0 Å². The summed E-state index contributed by atoms with van der Waals surface area (Å²) in [5.41, 5.74) is 7.18. The summed E-state index contributed by atoms with van der Waals surface area (Å²) >= 11 is 0. The van der Waals surface area contributed by atoms with Gasteiger partial charge in [-0.05, 0) is 38.1 Å². The fraction of sp³-hybridized carbons (Fsp3) is 0.294. The zero-order valence-corrected chi connectivity index (χ0v) is 15.5. The zero-order chi connectivity index (χ0) is 18.2. The molecule has 0 saturated carbocycles. The van der Waals surface area contributed by atoms with E-state index in [1.807, 2.05) is 24.3 Å². The fourth-order valence-corrected chi connectivity index (χ4v) is 2.17. The Morgan fingerprint density at radius 2 is 1.96 bits per heavy atom. The van der Waals surface area contributed by atoms with Gasteiger partial charge in [-0.25, -0.2) is 9.97 Å². The van der Waals surface area contributed by atoms with Crippen LogP contribution in [0.15, 0.2) is 36.7 Å². The number of likely N-dealkylation sites (N-methyl/N-ethyl adjacent to an activating group) is 1. The molecular formula is C17H23ClN6O2. The second-order valence-electron chi connectivity index (χ2n) is 5.49. The van der Waals surface area contributed by atoms with Gasteiger partial charge in [-0.3, -0.25) is 9.59 Å². The number of rotatable bonds is 8. The lowest BCUT2D eigenvalue weighted by Gasteiger charge is -2.12. The van der Waals surface area contributed by atoms with Gasteiger partial charge in [-0.2, -0.15) is 0 Å². The third-order valence-electron chi connectivity index (χ3n) is 3.66. The number of carbonyl (C=O) groups excluding carboxylic acids is 2. The van der Waals surface area contributed by atoms with Crippen LogP contribution in [-0.2, 0) is 11.2 Å². The number of nitrogens with one attached hydrogen (secondary N) is 3. The summed E-state index contributed by atoms with van der Waals surface area (Å²) < 4.78 is 0. The van der Waals surface area contributed by atoms with E-state index in [-0.39, 0.29) is 30.0 Å². The molecule has 8 nitrogen and oxygen atoms in total.